The van der Waals surface area contributed by atoms with Crippen molar-refractivity contribution in [3.05, 3.63) is 70.4 Å². The number of oxime groups is 1. The molecule has 0 saturated heterocycles. The molecule has 0 amide bonds. The van der Waals surface area contributed by atoms with Gasteiger partial charge in [-0.1, -0.05) is 29.4 Å². The Hall–Kier alpha value is -3.48. The number of H-pyrrole nitrogens is 2. The third-order valence-electron chi connectivity index (χ3n) is 3.54. The van der Waals surface area contributed by atoms with E-state index >= 15 is 0 Å². The zero-order valence-corrected chi connectivity index (χ0v) is 11.8. The van der Waals surface area contributed by atoms with Crippen molar-refractivity contribution in [2.75, 3.05) is 0 Å². The summed E-state index contributed by atoms with van der Waals surface area (Å²) in [5.41, 5.74) is 2.25. The van der Waals surface area contributed by atoms with Crippen LogP contribution in [0.4, 0.5) is 0 Å². The van der Waals surface area contributed by atoms with Crippen molar-refractivity contribution < 1.29 is 5.21 Å². The molecule has 2 heterocycles. The van der Waals surface area contributed by atoms with Gasteiger partial charge in [0.25, 0.3) is 5.56 Å². The average Bonchev–Trinajstić information content (AvgIpc) is 2.99. The minimum Gasteiger partial charge on any atom is -0.410 e. The SMILES string of the molecule is O=c1[nH]c2ccccc2nc1/C(=N\O)c1nc2ccccc2[nH]1. The van der Waals surface area contributed by atoms with Crippen LogP contribution >= 0.6 is 0 Å². The lowest BCUT2D eigenvalue weighted by molar-refractivity contribution is 0.319. The quantitative estimate of drug-likeness (QED) is 0.299. The van der Waals surface area contributed by atoms with Gasteiger partial charge in [0.15, 0.2) is 17.2 Å². The Morgan fingerprint density at radius 1 is 0.913 bits per heavy atom. The molecule has 0 aliphatic rings. The number of nitrogens with one attached hydrogen (secondary N) is 2. The monoisotopic (exact) mass is 305 g/mol. The van der Waals surface area contributed by atoms with Crippen LogP contribution in [-0.2, 0) is 0 Å². The van der Waals surface area contributed by atoms with Crippen molar-refractivity contribution in [3.8, 4) is 0 Å². The van der Waals surface area contributed by atoms with Crippen molar-refractivity contribution in [2.24, 2.45) is 5.16 Å². The second kappa shape index (κ2) is 5.06. The van der Waals surface area contributed by atoms with Crippen LogP contribution in [0.1, 0.15) is 11.5 Å². The fraction of sp³-hybridized carbons (Fsp3) is 0. The molecular formula is C16H11N5O2. The maximum atomic E-state index is 12.3. The van der Waals surface area contributed by atoms with Crippen molar-refractivity contribution in [1.82, 2.24) is 19.9 Å². The summed E-state index contributed by atoms with van der Waals surface area (Å²) in [7, 11) is 0. The number of imidazole rings is 1. The zero-order valence-electron chi connectivity index (χ0n) is 11.8. The molecule has 4 aromatic rings. The maximum absolute atomic E-state index is 12.3. The fourth-order valence-corrected chi connectivity index (χ4v) is 2.46. The number of hydrogen-bond donors (Lipinski definition) is 3. The number of para-hydroxylation sites is 4. The average molecular weight is 305 g/mol. The minimum atomic E-state index is -0.447. The first-order valence-electron chi connectivity index (χ1n) is 6.93. The van der Waals surface area contributed by atoms with Crippen LogP contribution in [0.15, 0.2) is 58.5 Å². The predicted molar refractivity (Wildman–Crippen MR) is 85.9 cm³/mol. The van der Waals surface area contributed by atoms with E-state index in [4.69, 9.17) is 0 Å². The molecule has 2 aromatic carbocycles. The predicted octanol–water partition coefficient (Wildman–Crippen LogP) is 2.03. The van der Waals surface area contributed by atoms with Crippen molar-refractivity contribution in [2.45, 2.75) is 0 Å². The number of rotatable bonds is 2. The summed E-state index contributed by atoms with van der Waals surface area (Å²) in [6, 6.07) is 14.5. The summed E-state index contributed by atoms with van der Waals surface area (Å²) in [6.07, 6.45) is 0. The molecule has 4 rings (SSSR count). The van der Waals surface area contributed by atoms with Crippen LogP contribution in [0, 0.1) is 0 Å². The number of fused-ring (bicyclic) bond motifs is 2. The molecule has 0 atom stereocenters. The van der Waals surface area contributed by atoms with Gasteiger partial charge in [-0.15, -0.1) is 0 Å². The summed E-state index contributed by atoms with van der Waals surface area (Å²) >= 11 is 0. The van der Waals surface area contributed by atoms with E-state index in [9.17, 15) is 10.0 Å². The lowest BCUT2D eigenvalue weighted by Crippen LogP contribution is -2.22. The van der Waals surface area contributed by atoms with E-state index in [2.05, 4.69) is 25.1 Å². The Labute approximate surface area is 129 Å². The van der Waals surface area contributed by atoms with Gasteiger partial charge in [-0.05, 0) is 24.3 Å². The molecule has 0 saturated carbocycles. The van der Waals surface area contributed by atoms with Gasteiger partial charge < -0.3 is 15.2 Å². The topological polar surface area (TPSA) is 107 Å². The molecule has 0 radical (unpaired) electrons. The van der Waals surface area contributed by atoms with Crippen molar-refractivity contribution in [3.63, 3.8) is 0 Å². The Balaban J connectivity index is 1.93. The molecule has 7 nitrogen and oxygen atoms in total. The normalized spacial score (nSPS) is 12.1. The van der Waals surface area contributed by atoms with Gasteiger partial charge in [0.05, 0.1) is 22.1 Å². The first kappa shape index (κ1) is 13.2. The largest absolute Gasteiger partial charge is 0.410 e. The van der Waals surface area contributed by atoms with Crippen LogP contribution in [-0.4, -0.2) is 30.9 Å². The highest BCUT2D eigenvalue weighted by molar-refractivity contribution is 6.10. The van der Waals surface area contributed by atoms with Gasteiger partial charge in [-0.25, -0.2) is 9.97 Å². The number of benzene rings is 2. The molecule has 0 fully saturated rings. The highest BCUT2D eigenvalue weighted by atomic mass is 16.4. The molecule has 7 heteroatoms. The Morgan fingerprint density at radius 3 is 2.17 bits per heavy atom. The smallest absolute Gasteiger partial charge is 0.276 e. The van der Waals surface area contributed by atoms with Crippen LogP contribution in [0.3, 0.4) is 0 Å². The van der Waals surface area contributed by atoms with E-state index in [1.54, 1.807) is 18.2 Å². The van der Waals surface area contributed by atoms with Crippen molar-refractivity contribution >= 4 is 27.8 Å². The van der Waals surface area contributed by atoms with Crippen LogP contribution in [0.5, 0.6) is 0 Å². The number of nitrogens with zero attached hydrogens (tertiary/aromatic N) is 3. The van der Waals surface area contributed by atoms with Gasteiger partial charge in [0, 0.05) is 0 Å². The molecule has 0 aliphatic heterocycles. The highest BCUT2D eigenvalue weighted by Crippen LogP contribution is 2.13. The lowest BCUT2D eigenvalue weighted by Gasteiger charge is -2.02. The Morgan fingerprint density at radius 2 is 1.52 bits per heavy atom. The van der Waals surface area contributed by atoms with E-state index in [1.165, 1.54) is 0 Å². The first-order valence-corrected chi connectivity index (χ1v) is 6.93. The zero-order chi connectivity index (χ0) is 15.8. The van der Waals surface area contributed by atoms with Crippen molar-refractivity contribution in [1.29, 1.82) is 0 Å². The van der Waals surface area contributed by atoms with Gasteiger partial charge in [-0.2, -0.15) is 0 Å². The molecular weight excluding hydrogens is 294 g/mol. The molecule has 0 unspecified atom stereocenters. The van der Waals surface area contributed by atoms with E-state index in [-0.39, 0.29) is 17.2 Å². The molecule has 2 aromatic heterocycles. The number of aromatic nitrogens is 4. The molecule has 112 valence electrons. The summed E-state index contributed by atoms with van der Waals surface area (Å²) in [5, 5.41) is 12.6. The second-order valence-electron chi connectivity index (χ2n) is 4.98. The third-order valence-corrected chi connectivity index (χ3v) is 3.54. The third kappa shape index (κ3) is 2.15. The molecule has 3 N–H and O–H groups in total. The first-order chi connectivity index (χ1) is 11.3. The summed E-state index contributed by atoms with van der Waals surface area (Å²) in [6.45, 7) is 0. The van der Waals surface area contributed by atoms with E-state index in [0.717, 1.165) is 5.52 Å². The fourth-order valence-electron chi connectivity index (χ4n) is 2.46. The minimum absolute atomic E-state index is 0.00487. The second-order valence-corrected chi connectivity index (χ2v) is 4.98. The Kier molecular flexibility index (Phi) is 2.90. The van der Waals surface area contributed by atoms with E-state index in [0.29, 0.717) is 16.6 Å². The number of hydrogen-bond acceptors (Lipinski definition) is 5. The van der Waals surface area contributed by atoms with Gasteiger partial charge in [0.2, 0.25) is 0 Å². The molecule has 0 spiro atoms. The van der Waals surface area contributed by atoms with Gasteiger partial charge in [-0.3, -0.25) is 4.79 Å². The highest BCUT2D eigenvalue weighted by Gasteiger charge is 2.18. The summed E-state index contributed by atoms with van der Waals surface area (Å²) in [5.74, 6) is 0.280. The molecule has 0 aliphatic carbocycles. The lowest BCUT2D eigenvalue weighted by atomic mass is 10.2. The maximum Gasteiger partial charge on any atom is 0.276 e. The van der Waals surface area contributed by atoms with Crippen LogP contribution < -0.4 is 5.56 Å². The standard InChI is InChI=1S/C16H11N5O2/c22-16-14(17-9-5-1-4-8-12(9)20-16)13(21-23)15-18-10-6-2-3-7-11(10)19-15/h1-8,23H,(H,18,19)(H,20,22)/b21-13+. The van der Waals surface area contributed by atoms with E-state index in [1.807, 2.05) is 30.3 Å². The number of aromatic amines is 2. The Bertz CT molecular complexity index is 1080. The molecule has 23 heavy (non-hydrogen) atoms. The van der Waals surface area contributed by atoms with Gasteiger partial charge in [0.1, 0.15) is 0 Å². The summed E-state index contributed by atoms with van der Waals surface area (Å²) in [4.78, 5) is 26.7. The van der Waals surface area contributed by atoms with Gasteiger partial charge >= 0.3 is 0 Å². The van der Waals surface area contributed by atoms with E-state index < -0.39 is 5.56 Å². The van der Waals surface area contributed by atoms with Crippen LogP contribution in [0.2, 0.25) is 0 Å². The summed E-state index contributed by atoms with van der Waals surface area (Å²) < 4.78 is 0. The van der Waals surface area contributed by atoms with Crippen LogP contribution in [0.25, 0.3) is 22.1 Å². The molecule has 0 bridgehead atoms.